The van der Waals surface area contributed by atoms with Gasteiger partial charge in [-0.3, -0.25) is 4.79 Å². The van der Waals surface area contributed by atoms with Crippen LogP contribution in [-0.4, -0.2) is 34.9 Å². The van der Waals surface area contributed by atoms with Gasteiger partial charge in [-0.1, -0.05) is 24.3 Å². The molecule has 0 saturated carbocycles. The van der Waals surface area contributed by atoms with Crippen molar-refractivity contribution < 1.29 is 14.3 Å². The topological polar surface area (TPSA) is 62.4 Å². The smallest absolute Gasteiger partial charge is 0.340 e. The van der Waals surface area contributed by atoms with Crippen LogP contribution in [0.1, 0.15) is 50.2 Å². The Morgan fingerprint density at radius 1 is 1.21 bits per heavy atom. The highest BCUT2D eigenvalue weighted by Gasteiger charge is 2.27. The summed E-state index contributed by atoms with van der Waals surface area (Å²) in [4.78, 5) is 29.9. The lowest BCUT2D eigenvalue weighted by molar-refractivity contribution is 0.0525. The Bertz CT molecular complexity index is 792. The van der Waals surface area contributed by atoms with Crippen molar-refractivity contribution >= 4 is 11.9 Å². The summed E-state index contributed by atoms with van der Waals surface area (Å²) in [6.07, 6.45) is 0.853. The molecule has 1 aliphatic rings. The molecule has 1 amide bonds. The molecule has 1 aromatic heterocycles. The van der Waals surface area contributed by atoms with Gasteiger partial charge in [0, 0.05) is 18.8 Å². The van der Waals surface area contributed by atoms with Crippen LogP contribution in [0.4, 0.5) is 0 Å². The van der Waals surface area contributed by atoms with E-state index in [2.05, 4.69) is 17.1 Å². The van der Waals surface area contributed by atoms with Crippen LogP contribution in [0.3, 0.4) is 0 Å². The highest BCUT2D eigenvalue weighted by Crippen LogP contribution is 2.24. The van der Waals surface area contributed by atoms with Gasteiger partial charge in [0.1, 0.15) is 5.69 Å². The summed E-state index contributed by atoms with van der Waals surface area (Å²) in [6.45, 7) is 6.95. The van der Waals surface area contributed by atoms with Crippen LogP contribution in [0.15, 0.2) is 24.3 Å². The molecule has 0 spiro atoms. The third kappa shape index (κ3) is 2.82. The van der Waals surface area contributed by atoms with E-state index in [4.69, 9.17) is 4.74 Å². The Balaban J connectivity index is 1.86. The fourth-order valence-corrected chi connectivity index (χ4v) is 3.30. The Morgan fingerprint density at radius 2 is 1.92 bits per heavy atom. The molecule has 0 fully saturated rings. The summed E-state index contributed by atoms with van der Waals surface area (Å²) in [5.74, 6) is -0.451. The van der Waals surface area contributed by atoms with Gasteiger partial charge in [0.05, 0.1) is 12.2 Å². The number of aromatic nitrogens is 1. The lowest BCUT2D eigenvalue weighted by Gasteiger charge is -2.28. The van der Waals surface area contributed by atoms with E-state index in [0.717, 1.165) is 6.42 Å². The van der Waals surface area contributed by atoms with Crippen LogP contribution >= 0.6 is 0 Å². The van der Waals surface area contributed by atoms with Crippen molar-refractivity contribution in [1.82, 2.24) is 9.88 Å². The molecule has 126 valence electrons. The molecule has 0 saturated heterocycles. The minimum Gasteiger partial charge on any atom is -0.462 e. The third-order valence-electron chi connectivity index (χ3n) is 4.55. The van der Waals surface area contributed by atoms with E-state index >= 15 is 0 Å². The molecule has 0 bridgehead atoms. The normalized spacial score (nSPS) is 13.5. The number of nitrogens with one attached hydrogen (secondary N) is 1. The van der Waals surface area contributed by atoms with Gasteiger partial charge in [-0.2, -0.15) is 0 Å². The number of fused-ring (bicyclic) bond motifs is 1. The molecule has 0 unspecified atom stereocenters. The van der Waals surface area contributed by atoms with Crippen molar-refractivity contribution in [3.63, 3.8) is 0 Å². The molecule has 3 rings (SSSR count). The zero-order valence-electron chi connectivity index (χ0n) is 14.3. The highest BCUT2D eigenvalue weighted by molar-refractivity contribution is 6.00. The number of aromatic amines is 1. The molecule has 5 heteroatoms. The second kappa shape index (κ2) is 6.51. The lowest BCUT2D eigenvalue weighted by Crippen LogP contribution is -2.36. The van der Waals surface area contributed by atoms with Crippen molar-refractivity contribution in [3.05, 3.63) is 57.9 Å². The molecule has 1 aromatic carbocycles. The maximum atomic E-state index is 12.9. The van der Waals surface area contributed by atoms with Crippen LogP contribution in [0.5, 0.6) is 0 Å². The van der Waals surface area contributed by atoms with Gasteiger partial charge in [0.25, 0.3) is 5.91 Å². The summed E-state index contributed by atoms with van der Waals surface area (Å²) in [5, 5.41) is 0. The monoisotopic (exact) mass is 326 g/mol. The number of hydrogen-bond acceptors (Lipinski definition) is 3. The molecule has 0 atom stereocenters. The molecule has 24 heavy (non-hydrogen) atoms. The lowest BCUT2D eigenvalue weighted by atomic mass is 9.99. The average molecular weight is 326 g/mol. The van der Waals surface area contributed by atoms with E-state index in [0.29, 0.717) is 42.2 Å². The zero-order valence-corrected chi connectivity index (χ0v) is 14.3. The standard InChI is InChI=1S/C19H22N2O3/c1-4-24-19(23)16-12(2)17(20-13(16)3)18(22)21-10-9-14-7-5-6-8-15(14)11-21/h5-8,20H,4,9-11H2,1-3H3. The number of hydrogen-bond donors (Lipinski definition) is 1. The van der Waals surface area contributed by atoms with Crippen LogP contribution in [0, 0.1) is 13.8 Å². The zero-order chi connectivity index (χ0) is 17.3. The van der Waals surface area contributed by atoms with E-state index in [1.807, 2.05) is 17.0 Å². The first-order valence-electron chi connectivity index (χ1n) is 8.25. The van der Waals surface area contributed by atoms with E-state index in [1.54, 1.807) is 20.8 Å². The van der Waals surface area contributed by atoms with Gasteiger partial charge in [-0.05, 0) is 43.9 Å². The second-order valence-electron chi connectivity index (χ2n) is 6.09. The Kier molecular flexibility index (Phi) is 4.42. The van der Waals surface area contributed by atoms with Crippen molar-refractivity contribution in [1.29, 1.82) is 0 Å². The van der Waals surface area contributed by atoms with Gasteiger partial charge in [0.15, 0.2) is 0 Å². The first-order chi connectivity index (χ1) is 11.5. The minimum atomic E-state index is -0.383. The van der Waals surface area contributed by atoms with Crippen molar-refractivity contribution in [2.24, 2.45) is 0 Å². The third-order valence-corrected chi connectivity index (χ3v) is 4.55. The van der Waals surface area contributed by atoms with Crippen molar-refractivity contribution in [3.8, 4) is 0 Å². The Morgan fingerprint density at radius 3 is 2.62 bits per heavy atom. The first-order valence-corrected chi connectivity index (χ1v) is 8.25. The van der Waals surface area contributed by atoms with Crippen LogP contribution in [0.2, 0.25) is 0 Å². The molecule has 2 aromatic rings. The SMILES string of the molecule is CCOC(=O)c1c(C)[nH]c(C(=O)N2CCc3ccccc3C2)c1C. The molecule has 0 radical (unpaired) electrons. The largest absolute Gasteiger partial charge is 0.462 e. The number of carbonyl (C=O) groups is 2. The number of H-pyrrole nitrogens is 1. The molecular weight excluding hydrogens is 304 g/mol. The van der Waals surface area contributed by atoms with Gasteiger partial charge in [-0.15, -0.1) is 0 Å². The summed E-state index contributed by atoms with van der Waals surface area (Å²) >= 11 is 0. The van der Waals surface area contributed by atoms with E-state index in [1.165, 1.54) is 11.1 Å². The van der Waals surface area contributed by atoms with E-state index in [9.17, 15) is 9.59 Å². The van der Waals surface area contributed by atoms with Gasteiger partial charge in [-0.25, -0.2) is 4.79 Å². The summed E-state index contributed by atoms with van der Waals surface area (Å²) in [6, 6.07) is 8.20. The molecular formula is C19H22N2O3. The quantitative estimate of drug-likeness (QED) is 0.882. The van der Waals surface area contributed by atoms with E-state index in [-0.39, 0.29) is 11.9 Å². The van der Waals surface area contributed by atoms with Crippen molar-refractivity contribution in [2.75, 3.05) is 13.2 Å². The fourth-order valence-electron chi connectivity index (χ4n) is 3.30. The fraction of sp³-hybridized carbons (Fsp3) is 0.368. The van der Waals surface area contributed by atoms with Crippen LogP contribution < -0.4 is 0 Å². The Hall–Kier alpha value is -2.56. The summed E-state index contributed by atoms with van der Waals surface area (Å²) < 4.78 is 5.09. The second-order valence-corrected chi connectivity index (χ2v) is 6.09. The van der Waals surface area contributed by atoms with Crippen LogP contribution in [-0.2, 0) is 17.7 Å². The van der Waals surface area contributed by atoms with Gasteiger partial charge < -0.3 is 14.6 Å². The number of aryl methyl sites for hydroxylation is 1. The molecule has 0 aliphatic carbocycles. The number of nitrogens with zero attached hydrogens (tertiary/aromatic N) is 1. The number of rotatable bonds is 3. The molecule has 2 heterocycles. The number of amides is 1. The number of carbonyl (C=O) groups excluding carboxylic acids is 2. The predicted octanol–water partition coefficient (Wildman–Crippen LogP) is 3.01. The number of benzene rings is 1. The highest BCUT2D eigenvalue weighted by atomic mass is 16.5. The molecule has 5 nitrogen and oxygen atoms in total. The van der Waals surface area contributed by atoms with Gasteiger partial charge in [0.2, 0.25) is 0 Å². The van der Waals surface area contributed by atoms with E-state index < -0.39 is 0 Å². The maximum absolute atomic E-state index is 12.9. The van der Waals surface area contributed by atoms with Crippen LogP contribution in [0.25, 0.3) is 0 Å². The van der Waals surface area contributed by atoms with Gasteiger partial charge >= 0.3 is 5.97 Å². The Labute approximate surface area is 141 Å². The minimum absolute atomic E-state index is 0.0688. The average Bonchev–Trinajstić information content (AvgIpc) is 2.88. The predicted molar refractivity (Wildman–Crippen MR) is 91.1 cm³/mol. The molecule has 1 aliphatic heterocycles. The molecule has 1 N–H and O–H groups in total. The summed E-state index contributed by atoms with van der Waals surface area (Å²) in [7, 11) is 0. The number of ether oxygens (including phenoxy) is 1. The van der Waals surface area contributed by atoms with Crippen molar-refractivity contribution in [2.45, 2.75) is 33.7 Å². The maximum Gasteiger partial charge on any atom is 0.340 e. The number of esters is 1. The summed E-state index contributed by atoms with van der Waals surface area (Å²) in [5.41, 5.74) is 4.77. The first kappa shape index (κ1) is 16.3.